The van der Waals surface area contributed by atoms with Gasteiger partial charge in [-0.15, -0.1) is 0 Å². The van der Waals surface area contributed by atoms with E-state index in [9.17, 15) is 9.90 Å². The first-order valence-corrected chi connectivity index (χ1v) is 6.46. The molecule has 1 N–H and O–H groups in total. The quantitative estimate of drug-likeness (QED) is 0.837. The molecule has 0 unspecified atom stereocenters. The van der Waals surface area contributed by atoms with Gasteiger partial charge in [-0.25, -0.2) is 0 Å². The van der Waals surface area contributed by atoms with Crippen LogP contribution in [0.4, 0.5) is 0 Å². The molecule has 0 atom stereocenters. The summed E-state index contributed by atoms with van der Waals surface area (Å²) in [6, 6.07) is 8.23. The molecule has 0 aliphatic carbocycles. The number of benzene rings is 1. The summed E-state index contributed by atoms with van der Waals surface area (Å²) in [5.74, 6) is 0.656. The molecule has 6 heteroatoms. The van der Waals surface area contributed by atoms with Crippen molar-refractivity contribution in [2.24, 2.45) is 0 Å². The molecule has 100 valence electrons. The second-order valence-electron chi connectivity index (χ2n) is 3.79. The lowest BCUT2D eigenvalue weighted by atomic mass is 10.3. The fourth-order valence-electron chi connectivity index (χ4n) is 1.68. The average molecular weight is 278 g/mol. The summed E-state index contributed by atoms with van der Waals surface area (Å²) in [4.78, 5) is 11.9. The van der Waals surface area contributed by atoms with Gasteiger partial charge >= 0.3 is 0 Å². The van der Waals surface area contributed by atoms with Gasteiger partial charge in [0.15, 0.2) is 0 Å². The van der Waals surface area contributed by atoms with E-state index in [0.29, 0.717) is 23.7 Å². The Balaban J connectivity index is 2.62. The molecular weight excluding hydrogens is 264 g/mol. The molecule has 1 aromatic carbocycles. The molecule has 0 amide bonds. The van der Waals surface area contributed by atoms with Crippen molar-refractivity contribution in [3.63, 3.8) is 0 Å². The van der Waals surface area contributed by atoms with Crippen LogP contribution in [-0.2, 0) is 5.75 Å². The van der Waals surface area contributed by atoms with Crippen LogP contribution in [0, 0.1) is 0 Å². The molecule has 0 aliphatic heterocycles. The molecule has 1 aromatic heterocycles. The van der Waals surface area contributed by atoms with E-state index in [0.717, 1.165) is 6.07 Å². The maximum absolute atomic E-state index is 11.9. The number of rotatable bonds is 4. The maximum atomic E-state index is 11.9. The van der Waals surface area contributed by atoms with E-state index in [4.69, 9.17) is 4.74 Å². The Morgan fingerprint density at radius 3 is 2.84 bits per heavy atom. The number of hydrogen-bond acceptors (Lipinski definition) is 5. The van der Waals surface area contributed by atoms with E-state index < -0.39 is 5.56 Å². The Kier molecular flexibility index (Phi) is 4.11. The van der Waals surface area contributed by atoms with Gasteiger partial charge in [0.1, 0.15) is 22.9 Å². The Labute approximate surface area is 115 Å². The molecular formula is C13H14N2O3S. The zero-order chi connectivity index (χ0) is 13.8. The fourth-order valence-corrected chi connectivity index (χ4v) is 1.90. The van der Waals surface area contributed by atoms with Crippen LogP contribution in [0.2, 0.25) is 0 Å². The van der Waals surface area contributed by atoms with Crippen molar-refractivity contribution in [3.05, 3.63) is 46.4 Å². The molecule has 0 saturated heterocycles. The first-order chi connectivity index (χ1) is 9.17. The summed E-state index contributed by atoms with van der Waals surface area (Å²) in [6.45, 7) is 2.35. The van der Waals surface area contributed by atoms with E-state index in [2.05, 4.69) is 17.7 Å². The molecule has 0 fully saturated rings. The van der Waals surface area contributed by atoms with Gasteiger partial charge in [0.2, 0.25) is 0 Å². The predicted octanol–water partition coefficient (Wildman–Crippen LogP) is 1.77. The van der Waals surface area contributed by atoms with Crippen LogP contribution in [0.25, 0.3) is 5.69 Å². The highest BCUT2D eigenvalue weighted by molar-refractivity contribution is 7.79. The highest BCUT2D eigenvalue weighted by Gasteiger charge is 2.11. The molecule has 1 heterocycles. The molecule has 5 nitrogen and oxygen atoms in total. The SMILES string of the molecule is CCOc1ccccc1-n1nc(CS)c(O)cc1=O. The Hall–Kier alpha value is -1.95. The largest absolute Gasteiger partial charge is 0.506 e. The van der Waals surface area contributed by atoms with E-state index >= 15 is 0 Å². The van der Waals surface area contributed by atoms with Crippen LogP contribution in [0.5, 0.6) is 11.5 Å². The summed E-state index contributed by atoms with van der Waals surface area (Å²) in [6.07, 6.45) is 0. The van der Waals surface area contributed by atoms with E-state index in [1.807, 2.05) is 13.0 Å². The summed E-state index contributed by atoms with van der Waals surface area (Å²) in [7, 11) is 0. The summed E-state index contributed by atoms with van der Waals surface area (Å²) >= 11 is 4.07. The summed E-state index contributed by atoms with van der Waals surface area (Å²) in [5, 5.41) is 13.7. The lowest BCUT2D eigenvalue weighted by Crippen LogP contribution is -2.22. The molecule has 19 heavy (non-hydrogen) atoms. The second kappa shape index (κ2) is 5.79. The van der Waals surface area contributed by atoms with Crippen LogP contribution < -0.4 is 10.3 Å². The number of para-hydroxylation sites is 2. The third kappa shape index (κ3) is 2.73. The number of aromatic hydroxyl groups is 1. The highest BCUT2D eigenvalue weighted by Crippen LogP contribution is 2.22. The van der Waals surface area contributed by atoms with Crippen molar-refractivity contribution in [2.45, 2.75) is 12.7 Å². The first-order valence-electron chi connectivity index (χ1n) is 5.82. The smallest absolute Gasteiger partial charge is 0.275 e. The van der Waals surface area contributed by atoms with Crippen LogP contribution in [0.3, 0.4) is 0 Å². The maximum Gasteiger partial charge on any atom is 0.275 e. The standard InChI is InChI=1S/C13H14N2O3S/c1-2-18-12-6-4-3-5-10(12)15-13(17)7-11(16)9(8-19)14-15/h3-7,16,19H,2,8H2,1H3. The molecule has 0 saturated carbocycles. The number of nitrogens with zero attached hydrogens (tertiary/aromatic N) is 2. The highest BCUT2D eigenvalue weighted by atomic mass is 32.1. The minimum Gasteiger partial charge on any atom is -0.506 e. The van der Waals surface area contributed by atoms with Gasteiger partial charge in [-0.05, 0) is 19.1 Å². The topological polar surface area (TPSA) is 64.3 Å². The Bertz CT molecular complexity index is 640. The van der Waals surface area contributed by atoms with Gasteiger partial charge in [-0.2, -0.15) is 22.4 Å². The monoisotopic (exact) mass is 278 g/mol. The molecule has 0 radical (unpaired) electrons. The number of thiol groups is 1. The van der Waals surface area contributed by atoms with Crippen LogP contribution >= 0.6 is 12.6 Å². The average Bonchev–Trinajstić information content (AvgIpc) is 2.40. The third-order valence-electron chi connectivity index (χ3n) is 2.53. The van der Waals surface area contributed by atoms with Gasteiger partial charge < -0.3 is 9.84 Å². The van der Waals surface area contributed by atoms with Gasteiger partial charge in [-0.3, -0.25) is 4.79 Å². The van der Waals surface area contributed by atoms with Gasteiger partial charge in [0.05, 0.1) is 6.61 Å². The summed E-state index contributed by atoms with van der Waals surface area (Å²) < 4.78 is 6.67. The first kappa shape index (κ1) is 13.5. The van der Waals surface area contributed by atoms with Crippen molar-refractivity contribution in [1.82, 2.24) is 9.78 Å². The fraction of sp³-hybridized carbons (Fsp3) is 0.231. The van der Waals surface area contributed by atoms with Crippen molar-refractivity contribution in [2.75, 3.05) is 6.61 Å². The van der Waals surface area contributed by atoms with E-state index in [-0.39, 0.29) is 11.5 Å². The number of ether oxygens (including phenoxy) is 1. The minimum atomic E-state index is -0.421. The van der Waals surface area contributed by atoms with E-state index in [1.165, 1.54) is 4.68 Å². The van der Waals surface area contributed by atoms with Crippen LogP contribution in [0.15, 0.2) is 35.1 Å². The molecule has 2 aromatic rings. The van der Waals surface area contributed by atoms with Crippen molar-refractivity contribution < 1.29 is 9.84 Å². The second-order valence-corrected chi connectivity index (χ2v) is 4.10. The summed E-state index contributed by atoms with van der Waals surface area (Å²) in [5.41, 5.74) is 0.460. The Morgan fingerprint density at radius 2 is 2.16 bits per heavy atom. The van der Waals surface area contributed by atoms with Gasteiger partial charge in [0.25, 0.3) is 5.56 Å². The zero-order valence-electron chi connectivity index (χ0n) is 10.4. The minimum absolute atomic E-state index is 0.148. The normalized spacial score (nSPS) is 10.4. The van der Waals surface area contributed by atoms with Crippen molar-refractivity contribution in [1.29, 1.82) is 0 Å². The van der Waals surface area contributed by atoms with E-state index in [1.54, 1.807) is 18.2 Å². The number of hydrogen-bond donors (Lipinski definition) is 2. The van der Waals surface area contributed by atoms with Gasteiger partial charge in [0, 0.05) is 11.8 Å². The molecule has 2 rings (SSSR count). The van der Waals surface area contributed by atoms with Crippen molar-refractivity contribution >= 4 is 12.6 Å². The van der Waals surface area contributed by atoms with Crippen molar-refractivity contribution in [3.8, 4) is 17.2 Å². The third-order valence-corrected chi connectivity index (χ3v) is 2.83. The Morgan fingerprint density at radius 1 is 1.42 bits per heavy atom. The van der Waals surface area contributed by atoms with Gasteiger partial charge in [-0.1, -0.05) is 12.1 Å². The molecule has 0 aliphatic rings. The predicted molar refractivity (Wildman–Crippen MR) is 75.4 cm³/mol. The molecule has 0 spiro atoms. The lowest BCUT2D eigenvalue weighted by molar-refractivity contribution is 0.338. The van der Waals surface area contributed by atoms with Crippen LogP contribution in [0.1, 0.15) is 12.6 Å². The number of aromatic nitrogens is 2. The lowest BCUT2D eigenvalue weighted by Gasteiger charge is -2.12. The zero-order valence-corrected chi connectivity index (χ0v) is 11.3. The molecule has 0 bridgehead atoms. The van der Waals surface area contributed by atoms with Crippen LogP contribution in [-0.4, -0.2) is 21.5 Å².